The molecule has 23 heavy (non-hydrogen) atoms. The minimum atomic E-state index is -0.611. The van der Waals surface area contributed by atoms with Crippen molar-refractivity contribution in [2.24, 2.45) is 0 Å². The number of rotatable bonds is 2. The van der Waals surface area contributed by atoms with Gasteiger partial charge in [-0.15, -0.1) is 5.10 Å². The van der Waals surface area contributed by atoms with Crippen molar-refractivity contribution in [2.45, 2.75) is 12.0 Å². The Kier molecular flexibility index (Phi) is 2.83. The van der Waals surface area contributed by atoms with Crippen LogP contribution >= 0.6 is 0 Å². The number of carbonyl (C=O) groups excluding carboxylic acids is 2. The Bertz CT molecular complexity index is 756. The van der Waals surface area contributed by atoms with Gasteiger partial charge in [0.25, 0.3) is 5.91 Å². The predicted octanol–water partition coefficient (Wildman–Crippen LogP) is -0.948. The van der Waals surface area contributed by atoms with E-state index in [-0.39, 0.29) is 12.0 Å². The number of amides is 2. The van der Waals surface area contributed by atoms with E-state index < -0.39 is 5.60 Å². The Morgan fingerprint density at radius 1 is 1.43 bits per heavy atom. The van der Waals surface area contributed by atoms with Crippen LogP contribution in [0.1, 0.15) is 16.8 Å². The fourth-order valence-corrected chi connectivity index (χ4v) is 3.07. The molecule has 1 atom stereocenters. The zero-order valence-electron chi connectivity index (χ0n) is 12.3. The summed E-state index contributed by atoms with van der Waals surface area (Å²) in [6, 6.07) is 0. The molecule has 4 heterocycles. The van der Waals surface area contributed by atoms with Gasteiger partial charge < -0.3 is 14.5 Å². The number of tetrazole rings is 1. The van der Waals surface area contributed by atoms with Crippen molar-refractivity contribution in [3.63, 3.8) is 0 Å². The molecular weight excluding hydrogens is 304 g/mol. The minimum Gasteiger partial charge on any atom is -0.439 e. The van der Waals surface area contributed by atoms with Crippen molar-refractivity contribution < 1.29 is 14.3 Å². The van der Waals surface area contributed by atoms with Gasteiger partial charge in [0.05, 0.1) is 19.3 Å². The Morgan fingerprint density at radius 2 is 2.30 bits per heavy atom. The molecular formula is C12H14N8O3. The molecule has 4 rings (SSSR count). The van der Waals surface area contributed by atoms with Crippen LogP contribution in [0.4, 0.5) is 4.79 Å². The number of aromatic nitrogens is 6. The first-order valence-electron chi connectivity index (χ1n) is 7.08. The van der Waals surface area contributed by atoms with Crippen LogP contribution in [0.3, 0.4) is 0 Å². The lowest BCUT2D eigenvalue weighted by Crippen LogP contribution is -2.39. The van der Waals surface area contributed by atoms with Gasteiger partial charge in [-0.25, -0.2) is 4.79 Å². The maximum absolute atomic E-state index is 12.8. The Balaban J connectivity index is 1.56. The van der Waals surface area contributed by atoms with Crippen molar-refractivity contribution in [1.29, 1.82) is 0 Å². The first-order valence-corrected chi connectivity index (χ1v) is 7.08. The maximum atomic E-state index is 12.8. The average Bonchev–Trinajstić information content (AvgIpc) is 3.28. The average molecular weight is 318 g/mol. The number of carbonyl (C=O) groups is 2. The number of hydrogen-bond donors (Lipinski definition) is 1. The van der Waals surface area contributed by atoms with Gasteiger partial charge in [-0.3, -0.25) is 9.89 Å². The van der Waals surface area contributed by atoms with E-state index in [4.69, 9.17) is 4.74 Å². The molecule has 2 aliphatic heterocycles. The van der Waals surface area contributed by atoms with Crippen molar-refractivity contribution >= 4 is 12.0 Å². The highest BCUT2D eigenvalue weighted by atomic mass is 16.6. The Morgan fingerprint density at radius 3 is 3.00 bits per heavy atom. The topological polar surface area (TPSA) is 122 Å². The van der Waals surface area contributed by atoms with Gasteiger partial charge in [0.2, 0.25) is 0 Å². The lowest BCUT2D eigenvalue weighted by atomic mass is 10.0. The number of hydrogen-bond acceptors (Lipinski definition) is 7. The summed E-state index contributed by atoms with van der Waals surface area (Å²) in [4.78, 5) is 27.6. The van der Waals surface area contributed by atoms with Crippen LogP contribution in [-0.2, 0) is 4.74 Å². The van der Waals surface area contributed by atoms with E-state index >= 15 is 0 Å². The third-order valence-corrected chi connectivity index (χ3v) is 4.17. The zero-order chi connectivity index (χ0) is 16.0. The lowest BCUT2D eigenvalue weighted by molar-refractivity contribution is 0.0553. The summed E-state index contributed by atoms with van der Waals surface area (Å²) < 4.78 is 6.80. The highest BCUT2D eigenvalue weighted by Gasteiger charge is 2.49. The second-order valence-electron chi connectivity index (χ2n) is 5.77. The van der Waals surface area contributed by atoms with Crippen LogP contribution in [-0.4, -0.2) is 84.5 Å². The van der Waals surface area contributed by atoms with Gasteiger partial charge in [0.1, 0.15) is 11.9 Å². The quantitative estimate of drug-likeness (QED) is 0.757. The maximum Gasteiger partial charge on any atom is 0.410 e. The summed E-state index contributed by atoms with van der Waals surface area (Å²) in [5, 5.41) is 17.5. The van der Waals surface area contributed by atoms with Gasteiger partial charge in [0.15, 0.2) is 11.4 Å². The molecule has 1 unspecified atom stereocenters. The molecule has 0 saturated carbocycles. The molecule has 0 radical (unpaired) electrons. The molecule has 0 aromatic carbocycles. The van der Waals surface area contributed by atoms with Gasteiger partial charge in [0, 0.05) is 20.0 Å². The molecule has 2 fully saturated rings. The zero-order valence-corrected chi connectivity index (χ0v) is 12.3. The monoisotopic (exact) mass is 318 g/mol. The van der Waals surface area contributed by atoms with E-state index in [2.05, 4.69) is 25.7 Å². The third kappa shape index (κ3) is 2.12. The number of ether oxygens (including phenoxy) is 1. The molecule has 1 spiro atoms. The fourth-order valence-electron chi connectivity index (χ4n) is 3.07. The standard InChI is InChI=1S/C12H14N8O3/c1-18-5-12(23-11(18)22)2-3-19(6-12)10(21)8-4-13-15-9(8)20-7-14-16-17-20/h4,7H,2-3,5-6H2,1H3,(H,13,15). The van der Waals surface area contributed by atoms with Crippen LogP contribution in [0, 0.1) is 0 Å². The van der Waals surface area contributed by atoms with Crippen LogP contribution in [0.25, 0.3) is 5.82 Å². The Hall–Kier alpha value is -2.98. The molecule has 2 aliphatic rings. The molecule has 1 N–H and O–H groups in total. The number of likely N-dealkylation sites (tertiary alicyclic amines) is 1. The van der Waals surface area contributed by atoms with Crippen molar-refractivity contribution in [2.75, 3.05) is 26.7 Å². The van der Waals surface area contributed by atoms with Gasteiger partial charge in [-0.2, -0.15) is 9.78 Å². The predicted molar refractivity (Wildman–Crippen MR) is 73.7 cm³/mol. The van der Waals surface area contributed by atoms with Crippen LogP contribution in [0.15, 0.2) is 12.5 Å². The molecule has 2 aromatic rings. The van der Waals surface area contributed by atoms with Gasteiger partial charge in [-0.1, -0.05) is 0 Å². The van der Waals surface area contributed by atoms with Gasteiger partial charge in [-0.05, 0) is 10.4 Å². The third-order valence-electron chi connectivity index (χ3n) is 4.17. The van der Waals surface area contributed by atoms with E-state index in [0.29, 0.717) is 37.4 Å². The lowest BCUT2D eigenvalue weighted by Gasteiger charge is -2.21. The summed E-state index contributed by atoms with van der Waals surface area (Å²) in [6.45, 7) is 1.36. The highest BCUT2D eigenvalue weighted by molar-refractivity contribution is 5.97. The van der Waals surface area contributed by atoms with Crippen LogP contribution in [0.2, 0.25) is 0 Å². The number of nitrogens with one attached hydrogen (secondary N) is 1. The van der Waals surface area contributed by atoms with Crippen molar-refractivity contribution in [3.05, 3.63) is 18.1 Å². The Labute approximate surface area is 130 Å². The van der Waals surface area contributed by atoms with Crippen LogP contribution in [0.5, 0.6) is 0 Å². The number of nitrogens with zero attached hydrogens (tertiary/aromatic N) is 7. The fraction of sp³-hybridized carbons (Fsp3) is 0.500. The minimum absolute atomic E-state index is 0.202. The molecule has 120 valence electrons. The highest BCUT2D eigenvalue weighted by Crippen LogP contribution is 2.32. The molecule has 2 saturated heterocycles. The van der Waals surface area contributed by atoms with Crippen molar-refractivity contribution in [3.8, 4) is 5.82 Å². The molecule has 2 amide bonds. The normalized spacial score (nSPS) is 23.8. The van der Waals surface area contributed by atoms with E-state index in [1.165, 1.54) is 22.1 Å². The van der Waals surface area contributed by atoms with Gasteiger partial charge >= 0.3 is 6.09 Å². The second-order valence-corrected chi connectivity index (χ2v) is 5.77. The van der Waals surface area contributed by atoms with Crippen LogP contribution < -0.4 is 0 Å². The summed E-state index contributed by atoms with van der Waals surface area (Å²) in [6.07, 6.45) is 3.09. The number of H-pyrrole nitrogens is 1. The largest absolute Gasteiger partial charge is 0.439 e. The SMILES string of the molecule is CN1CC2(CCN(C(=O)c3cn[nH]c3-n3cnnn3)C2)OC1=O. The number of likely N-dealkylation sites (N-methyl/N-ethyl adjacent to an activating group) is 1. The van der Waals surface area contributed by atoms with E-state index in [1.807, 2.05) is 0 Å². The number of aromatic amines is 1. The summed E-state index contributed by atoms with van der Waals surface area (Å²) >= 11 is 0. The van der Waals surface area contributed by atoms with E-state index in [0.717, 1.165) is 0 Å². The first kappa shape index (κ1) is 13.7. The van der Waals surface area contributed by atoms with Crippen molar-refractivity contribution in [1.82, 2.24) is 40.2 Å². The first-order chi connectivity index (χ1) is 11.1. The summed E-state index contributed by atoms with van der Waals surface area (Å²) in [5.74, 6) is 0.202. The summed E-state index contributed by atoms with van der Waals surface area (Å²) in [5.41, 5.74) is -0.243. The molecule has 11 heteroatoms. The molecule has 11 nitrogen and oxygen atoms in total. The van der Waals surface area contributed by atoms with E-state index in [9.17, 15) is 9.59 Å². The van der Waals surface area contributed by atoms with E-state index in [1.54, 1.807) is 11.9 Å². The molecule has 0 bridgehead atoms. The molecule has 2 aromatic heterocycles. The smallest absolute Gasteiger partial charge is 0.410 e. The molecule has 0 aliphatic carbocycles. The second kappa shape index (κ2) is 4.76. The summed E-state index contributed by atoms with van der Waals surface area (Å²) in [7, 11) is 1.69.